The van der Waals surface area contributed by atoms with Crippen LogP contribution in [0.3, 0.4) is 0 Å². The van der Waals surface area contributed by atoms with Crippen molar-refractivity contribution in [2.24, 2.45) is 5.73 Å². The molecule has 0 bridgehead atoms. The Kier molecular flexibility index (Phi) is 5.74. The maximum absolute atomic E-state index is 13.9. The van der Waals surface area contributed by atoms with E-state index in [1.54, 1.807) is 12.1 Å². The molecule has 1 aliphatic carbocycles. The first-order chi connectivity index (χ1) is 13.6. The Balaban J connectivity index is 1.42. The highest BCUT2D eigenvalue weighted by Gasteiger charge is 2.35. The summed E-state index contributed by atoms with van der Waals surface area (Å²) in [5.41, 5.74) is 9.16. The van der Waals surface area contributed by atoms with Crippen LogP contribution in [-0.4, -0.2) is 29.9 Å². The fraction of sp³-hybridized carbons (Fsp3) is 0.435. The van der Waals surface area contributed by atoms with Crippen LogP contribution >= 0.6 is 0 Å². The summed E-state index contributed by atoms with van der Waals surface area (Å²) in [6, 6.07) is 14.7. The van der Waals surface area contributed by atoms with Gasteiger partial charge in [-0.25, -0.2) is 4.39 Å². The number of carbonyl (C=O) groups excluding carboxylic acids is 1. The number of nitrogens with zero attached hydrogens (tertiary/aromatic N) is 1. The van der Waals surface area contributed by atoms with Crippen LogP contribution in [0.5, 0.6) is 0 Å². The molecule has 0 aromatic heterocycles. The molecule has 1 aliphatic heterocycles. The first kappa shape index (κ1) is 19.1. The highest BCUT2D eigenvalue weighted by atomic mass is 19.1. The molecular formula is C23H28FN3O. The summed E-state index contributed by atoms with van der Waals surface area (Å²) in [7, 11) is 0. The van der Waals surface area contributed by atoms with Gasteiger partial charge in [0.05, 0.1) is 0 Å². The Bertz CT molecular complexity index is 836. The zero-order valence-electron chi connectivity index (χ0n) is 16.1. The van der Waals surface area contributed by atoms with Crippen LogP contribution in [0.1, 0.15) is 54.5 Å². The third-order valence-corrected chi connectivity index (χ3v) is 5.82. The highest BCUT2D eigenvalue weighted by Crippen LogP contribution is 2.32. The van der Waals surface area contributed by atoms with Crippen molar-refractivity contribution in [1.82, 2.24) is 10.2 Å². The lowest BCUT2D eigenvalue weighted by atomic mass is 9.91. The Morgan fingerprint density at radius 2 is 1.93 bits per heavy atom. The van der Waals surface area contributed by atoms with Crippen LogP contribution < -0.4 is 11.1 Å². The van der Waals surface area contributed by atoms with Crippen molar-refractivity contribution >= 4 is 5.91 Å². The number of fused-ring (bicyclic) bond motifs is 1. The van der Waals surface area contributed by atoms with Crippen molar-refractivity contribution < 1.29 is 9.18 Å². The third-order valence-electron chi connectivity index (χ3n) is 5.82. The average molecular weight is 381 g/mol. The number of benzene rings is 2. The van der Waals surface area contributed by atoms with Gasteiger partial charge in [0.2, 0.25) is 5.91 Å². The van der Waals surface area contributed by atoms with E-state index >= 15 is 0 Å². The van der Waals surface area contributed by atoms with Crippen molar-refractivity contribution in [2.75, 3.05) is 13.1 Å². The summed E-state index contributed by atoms with van der Waals surface area (Å²) in [6.07, 6.45) is 4.62. The van der Waals surface area contributed by atoms with Crippen LogP contribution in [0.25, 0.3) is 0 Å². The predicted octanol–water partition coefficient (Wildman–Crippen LogP) is 3.48. The molecule has 2 atom stereocenters. The van der Waals surface area contributed by atoms with Gasteiger partial charge in [0, 0.05) is 24.2 Å². The molecule has 0 spiro atoms. The van der Waals surface area contributed by atoms with E-state index in [0.717, 1.165) is 44.3 Å². The Morgan fingerprint density at radius 1 is 1.18 bits per heavy atom. The molecule has 2 aromatic rings. The zero-order chi connectivity index (χ0) is 19.5. The number of hydrogen-bond donors (Lipinski definition) is 2. The number of hydrogen-bond acceptors (Lipinski definition) is 3. The molecule has 1 saturated carbocycles. The van der Waals surface area contributed by atoms with Gasteiger partial charge in [-0.3, -0.25) is 9.69 Å². The van der Waals surface area contributed by atoms with Crippen LogP contribution in [0.2, 0.25) is 0 Å². The van der Waals surface area contributed by atoms with E-state index in [0.29, 0.717) is 18.0 Å². The normalized spacial score (nSPS) is 20.4. The molecule has 148 valence electrons. The summed E-state index contributed by atoms with van der Waals surface area (Å²) in [5, 5.41) is 3.17. The van der Waals surface area contributed by atoms with Gasteiger partial charge in [0.15, 0.2) is 0 Å². The van der Waals surface area contributed by atoms with Crippen molar-refractivity contribution in [3.8, 4) is 0 Å². The molecule has 28 heavy (non-hydrogen) atoms. The van der Waals surface area contributed by atoms with E-state index in [1.807, 2.05) is 18.2 Å². The lowest BCUT2D eigenvalue weighted by Gasteiger charge is -2.36. The monoisotopic (exact) mass is 381 g/mol. The second-order valence-electron chi connectivity index (χ2n) is 7.94. The number of nitrogens with two attached hydrogens (primary N) is 1. The highest BCUT2D eigenvalue weighted by molar-refractivity contribution is 5.84. The van der Waals surface area contributed by atoms with Crippen LogP contribution in [-0.2, 0) is 11.2 Å². The molecule has 2 aromatic carbocycles. The number of carbonyl (C=O) groups is 1. The summed E-state index contributed by atoms with van der Waals surface area (Å²) >= 11 is 0. The Hall–Kier alpha value is -2.24. The number of rotatable bonds is 7. The second kappa shape index (κ2) is 8.41. The van der Waals surface area contributed by atoms with E-state index in [4.69, 9.17) is 5.73 Å². The smallest absolute Gasteiger partial charge is 0.242 e. The number of amides is 1. The second-order valence-corrected chi connectivity index (χ2v) is 7.94. The van der Waals surface area contributed by atoms with Gasteiger partial charge in [-0.1, -0.05) is 42.5 Å². The van der Waals surface area contributed by atoms with Gasteiger partial charge in [-0.05, 0) is 55.8 Å². The SMILES string of the molecule is NC(CCCN1CCc2ccccc2C1C(=O)NC1CC1)c1ccccc1F. The Labute approximate surface area is 165 Å². The first-order valence-corrected chi connectivity index (χ1v) is 10.3. The van der Waals surface area contributed by atoms with Gasteiger partial charge >= 0.3 is 0 Å². The van der Waals surface area contributed by atoms with Gasteiger partial charge in [-0.15, -0.1) is 0 Å². The van der Waals surface area contributed by atoms with Crippen LogP contribution in [0.4, 0.5) is 4.39 Å². The van der Waals surface area contributed by atoms with E-state index in [-0.39, 0.29) is 23.8 Å². The molecule has 5 heteroatoms. The number of nitrogens with one attached hydrogen (secondary N) is 1. The predicted molar refractivity (Wildman–Crippen MR) is 108 cm³/mol. The fourth-order valence-electron chi connectivity index (χ4n) is 4.12. The van der Waals surface area contributed by atoms with E-state index in [9.17, 15) is 9.18 Å². The molecule has 1 heterocycles. The first-order valence-electron chi connectivity index (χ1n) is 10.3. The lowest BCUT2D eigenvalue weighted by molar-refractivity contribution is -0.127. The van der Waals surface area contributed by atoms with Gasteiger partial charge < -0.3 is 11.1 Å². The quantitative estimate of drug-likeness (QED) is 0.772. The third kappa shape index (κ3) is 4.26. The minimum Gasteiger partial charge on any atom is -0.352 e. The van der Waals surface area contributed by atoms with Gasteiger partial charge in [0.25, 0.3) is 0 Å². The molecule has 4 rings (SSSR count). The molecule has 3 N–H and O–H groups in total. The summed E-state index contributed by atoms with van der Waals surface area (Å²) < 4.78 is 13.9. The zero-order valence-corrected chi connectivity index (χ0v) is 16.1. The summed E-state index contributed by atoms with van der Waals surface area (Å²) in [6.45, 7) is 1.63. The molecule has 2 unspecified atom stereocenters. The largest absolute Gasteiger partial charge is 0.352 e. The molecule has 0 radical (unpaired) electrons. The summed E-state index contributed by atoms with van der Waals surface area (Å²) in [4.78, 5) is 15.2. The Morgan fingerprint density at radius 3 is 2.71 bits per heavy atom. The standard InChI is InChI=1S/C23H28FN3O/c24-20-9-4-3-8-19(20)21(25)10-5-14-27-15-13-16-6-1-2-7-18(16)22(27)23(28)26-17-11-12-17/h1-4,6-9,17,21-22H,5,10-15,25H2,(H,26,28). The fourth-order valence-corrected chi connectivity index (χ4v) is 4.12. The van der Waals surface area contributed by atoms with Gasteiger partial charge in [0.1, 0.15) is 11.9 Å². The topological polar surface area (TPSA) is 58.4 Å². The van der Waals surface area contributed by atoms with Crippen molar-refractivity contribution in [3.63, 3.8) is 0 Å². The molecule has 2 aliphatic rings. The minimum absolute atomic E-state index is 0.105. The van der Waals surface area contributed by atoms with Crippen molar-refractivity contribution in [3.05, 3.63) is 71.0 Å². The number of halogens is 1. The van der Waals surface area contributed by atoms with Crippen LogP contribution in [0, 0.1) is 5.82 Å². The van der Waals surface area contributed by atoms with Crippen LogP contribution in [0.15, 0.2) is 48.5 Å². The molecule has 4 nitrogen and oxygen atoms in total. The average Bonchev–Trinajstić information content (AvgIpc) is 3.51. The van der Waals surface area contributed by atoms with Crippen molar-refractivity contribution in [2.45, 2.75) is 50.2 Å². The van der Waals surface area contributed by atoms with Gasteiger partial charge in [-0.2, -0.15) is 0 Å². The summed E-state index contributed by atoms with van der Waals surface area (Å²) in [5.74, 6) is -0.142. The minimum atomic E-state index is -0.322. The molecule has 1 fully saturated rings. The van der Waals surface area contributed by atoms with E-state index in [2.05, 4.69) is 22.3 Å². The van der Waals surface area contributed by atoms with E-state index < -0.39 is 0 Å². The maximum atomic E-state index is 13.9. The molecule has 0 saturated heterocycles. The van der Waals surface area contributed by atoms with Crippen molar-refractivity contribution in [1.29, 1.82) is 0 Å². The molecule has 1 amide bonds. The maximum Gasteiger partial charge on any atom is 0.242 e. The van der Waals surface area contributed by atoms with E-state index in [1.165, 1.54) is 11.6 Å². The lowest BCUT2D eigenvalue weighted by Crippen LogP contribution is -2.45. The molecular weight excluding hydrogens is 353 g/mol.